The van der Waals surface area contributed by atoms with E-state index in [1.807, 2.05) is 12.1 Å². The summed E-state index contributed by atoms with van der Waals surface area (Å²) < 4.78 is 4.90. The maximum atomic E-state index is 11.3. The summed E-state index contributed by atoms with van der Waals surface area (Å²) in [5.41, 5.74) is 1.11. The first-order valence-electron chi connectivity index (χ1n) is 6.09. The highest BCUT2D eigenvalue weighted by Crippen LogP contribution is 2.20. The van der Waals surface area contributed by atoms with E-state index in [1.54, 1.807) is 13.1 Å². The number of aromatic nitrogens is 1. The molecule has 0 radical (unpaired) electrons. The quantitative estimate of drug-likeness (QED) is 0.607. The molecule has 1 heterocycles. The third-order valence-electron chi connectivity index (χ3n) is 2.18. The van der Waals surface area contributed by atoms with Gasteiger partial charge in [0, 0.05) is 18.8 Å². The molecule has 0 unspecified atom stereocenters. The molecule has 5 heteroatoms. The summed E-state index contributed by atoms with van der Waals surface area (Å²) in [6.45, 7) is 7.19. The molecule has 0 aromatic carbocycles. The summed E-state index contributed by atoms with van der Waals surface area (Å²) in [5, 5.41) is 4.23. The number of hydrogen-bond acceptors (Lipinski definition) is 5. The highest BCUT2D eigenvalue weighted by atomic mass is 32.2. The van der Waals surface area contributed by atoms with E-state index in [1.165, 1.54) is 11.8 Å². The Bertz CT molecular complexity index is 383. The average molecular weight is 268 g/mol. The molecule has 0 amide bonds. The fourth-order valence-corrected chi connectivity index (χ4v) is 2.13. The smallest absolute Gasteiger partial charge is 0.316 e. The summed E-state index contributed by atoms with van der Waals surface area (Å²) in [4.78, 5) is 15.6. The van der Waals surface area contributed by atoms with Crippen molar-refractivity contribution in [3.8, 4) is 0 Å². The molecule has 100 valence electrons. The summed E-state index contributed by atoms with van der Waals surface area (Å²) in [6.07, 6.45) is 1.74. The van der Waals surface area contributed by atoms with Gasteiger partial charge in [-0.15, -0.1) is 0 Å². The van der Waals surface area contributed by atoms with E-state index in [-0.39, 0.29) is 5.97 Å². The Morgan fingerprint density at radius 2 is 2.33 bits per heavy atom. The predicted octanol–water partition coefficient (Wildman–Crippen LogP) is 2.23. The fourth-order valence-electron chi connectivity index (χ4n) is 1.33. The lowest BCUT2D eigenvalue weighted by Gasteiger charge is -2.11. The molecule has 1 N–H and O–H groups in total. The number of nitrogens with one attached hydrogen (secondary N) is 1. The minimum absolute atomic E-state index is 0.198. The van der Waals surface area contributed by atoms with Crippen LogP contribution in [0.4, 0.5) is 0 Å². The van der Waals surface area contributed by atoms with E-state index in [0.717, 1.165) is 17.1 Å². The Kier molecular flexibility index (Phi) is 6.75. The van der Waals surface area contributed by atoms with E-state index < -0.39 is 0 Å². The lowest BCUT2D eigenvalue weighted by atomic mass is 10.2. The van der Waals surface area contributed by atoms with Gasteiger partial charge in [0.2, 0.25) is 0 Å². The lowest BCUT2D eigenvalue weighted by Crippen LogP contribution is -2.22. The zero-order valence-corrected chi connectivity index (χ0v) is 11.9. The molecule has 0 saturated carbocycles. The first-order valence-corrected chi connectivity index (χ1v) is 7.07. The molecule has 18 heavy (non-hydrogen) atoms. The minimum atomic E-state index is -0.198. The second-order valence-electron chi connectivity index (χ2n) is 4.10. The standard InChI is InChI=1S/C13H20N2O2S/c1-4-17-12(16)9-18-13-11(6-5-7-14-13)8-15-10(2)3/h5-7,10,15H,4,8-9H2,1-3H3. The molecule has 1 aromatic rings. The molecular weight excluding hydrogens is 248 g/mol. The van der Waals surface area contributed by atoms with Gasteiger partial charge in [-0.2, -0.15) is 0 Å². The Hall–Kier alpha value is -1.07. The molecule has 0 aliphatic rings. The van der Waals surface area contributed by atoms with Crippen LogP contribution in [-0.2, 0) is 16.1 Å². The van der Waals surface area contributed by atoms with Crippen LogP contribution < -0.4 is 5.32 Å². The van der Waals surface area contributed by atoms with Crippen molar-refractivity contribution in [2.45, 2.75) is 38.4 Å². The average Bonchev–Trinajstić information content (AvgIpc) is 2.35. The molecule has 0 aliphatic heterocycles. The van der Waals surface area contributed by atoms with E-state index in [2.05, 4.69) is 24.1 Å². The number of hydrogen-bond donors (Lipinski definition) is 1. The first-order chi connectivity index (χ1) is 8.63. The number of carbonyl (C=O) groups is 1. The van der Waals surface area contributed by atoms with Crippen molar-refractivity contribution < 1.29 is 9.53 Å². The zero-order chi connectivity index (χ0) is 13.4. The molecule has 0 spiro atoms. The van der Waals surface area contributed by atoms with Crippen molar-refractivity contribution in [2.75, 3.05) is 12.4 Å². The molecule has 1 aromatic heterocycles. The third-order valence-corrected chi connectivity index (χ3v) is 3.20. The normalized spacial score (nSPS) is 10.7. The number of carbonyl (C=O) groups excluding carboxylic acids is 1. The van der Waals surface area contributed by atoms with E-state index in [4.69, 9.17) is 4.74 Å². The lowest BCUT2D eigenvalue weighted by molar-refractivity contribution is -0.139. The first kappa shape index (κ1) is 15.0. The van der Waals surface area contributed by atoms with Gasteiger partial charge in [-0.1, -0.05) is 31.7 Å². The Morgan fingerprint density at radius 1 is 1.56 bits per heavy atom. The third kappa shape index (κ3) is 5.51. The van der Waals surface area contributed by atoms with Crippen molar-refractivity contribution in [3.63, 3.8) is 0 Å². The number of pyridine rings is 1. The van der Waals surface area contributed by atoms with Gasteiger partial charge in [0.05, 0.1) is 12.4 Å². The van der Waals surface area contributed by atoms with Crippen LogP contribution in [-0.4, -0.2) is 29.4 Å². The molecule has 1 rings (SSSR count). The Morgan fingerprint density at radius 3 is 3.00 bits per heavy atom. The monoisotopic (exact) mass is 268 g/mol. The molecule has 0 saturated heterocycles. The number of nitrogens with zero attached hydrogens (tertiary/aromatic N) is 1. The van der Waals surface area contributed by atoms with Gasteiger partial charge >= 0.3 is 5.97 Å². The summed E-state index contributed by atoms with van der Waals surface area (Å²) in [6, 6.07) is 4.36. The topological polar surface area (TPSA) is 51.2 Å². The number of rotatable bonds is 7. The van der Waals surface area contributed by atoms with Crippen LogP contribution in [0.15, 0.2) is 23.4 Å². The SMILES string of the molecule is CCOC(=O)CSc1ncccc1CNC(C)C. The Labute approximate surface area is 113 Å². The van der Waals surface area contributed by atoms with Gasteiger partial charge in [-0.25, -0.2) is 4.98 Å². The van der Waals surface area contributed by atoms with Gasteiger partial charge in [-0.05, 0) is 18.6 Å². The van der Waals surface area contributed by atoms with Crippen LogP contribution in [0.1, 0.15) is 26.3 Å². The van der Waals surface area contributed by atoms with Crippen molar-refractivity contribution >= 4 is 17.7 Å². The Balaban J connectivity index is 2.56. The molecule has 0 fully saturated rings. The van der Waals surface area contributed by atoms with Crippen LogP contribution in [0.3, 0.4) is 0 Å². The number of ether oxygens (including phenoxy) is 1. The molecule has 0 atom stereocenters. The van der Waals surface area contributed by atoms with Gasteiger partial charge in [-0.3, -0.25) is 4.79 Å². The minimum Gasteiger partial charge on any atom is -0.465 e. The van der Waals surface area contributed by atoms with Gasteiger partial charge in [0.25, 0.3) is 0 Å². The molecular formula is C13H20N2O2S. The zero-order valence-electron chi connectivity index (χ0n) is 11.1. The predicted molar refractivity (Wildman–Crippen MR) is 73.6 cm³/mol. The van der Waals surface area contributed by atoms with Crippen molar-refractivity contribution in [2.24, 2.45) is 0 Å². The van der Waals surface area contributed by atoms with Crippen LogP contribution in [0.25, 0.3) is 0 Å². The van der Waals surface area contributed by atoms with E-state index >= 15 is 0 Å². The second-order valence-corrected chi connectivity index (χ2v) is 5.06. The molecule has 4 nitrogen and oxygen atoms in total. The number of thioether (sulfide) groups is 1. The van der Waals surface area contributed by atoms with E-state index in [0.29, 0.717) is 18.4 Å². The summed E-state index contributed by atoms with van der Waals surface area (Å²) in [7, 11) is 0. The molecule has 0 bridgehead atoms. The highest BCUT2D eigenvalue weighted by molar-refractivity contribution is 7.99. The van der Waals surface area contributed by atoms with Gasteiger partial charge in [0.15, 0.2) is 0 Å². The van der Waals surface area contributed by atoms with Crippen LogP contribution in [0.5, 0.6) is 0 Å². The van der Waals surface area contributed by atoms with Crippen LogP contribution in [0, 0.1) is 0 Å². The van der Waals surface area contributed by atoms with Crippen molar-refractivity contribution in [1.29, 1.82) is 0 Å². The maximum Gasteiger partial charge on any atom is 0.316 e. The summed E-state index contributed by atoms with van der Waals surface area (Å²) in [5.74, 6) is 0.107. The fraction of sp³-hybridized carbons (Fsp3) is 0.538. The molecule has 0 aliphatic carbocycles. The van der Waals surface area contributed by atoms with Crippen LogP contribution in [0.2, 0.25) is 0 Å². The van der Waals surface area contributed by atoms with E-state index in [9.17, 15) is 4.79 Å². The highest BCUT2D eigenvalue weighted by Gasteiger charge is 2.08. The summed E-state index contributed by atoms with van der Waals surface area (Å²) >= 11 is 1.42. The second kappa shape index (κ2) is 8.11. The maximum absolute atomic E-state index is 11.3. The van der Waals surface area contributed by atoms with Gasteiger partial charge < -0.3 is 10.1 Å². The van der Waals surface area contributed by atoms with Crippen molar-refractivity contribution in [1.82, 2.24) is 10.3 Å². The largest absolute Gasteiger partial charge is 0.465 e. The van der Waals surface area contributed by atoms with Crippen LogP contribution >= 0.6 is 11.8 Å². The van der Waals surface area contributed by atoms with Gasteiger partial charge in [0.1, 0.15) is 5.03 Å². The van der Waals surface area contributed by atoms with Crippen molar-refractivity contribution in [3.05, 3.63) is 23.9 Å². The number of esters is 1.